The van der Waals surface area contributed by atoms with E-state index in [4.69, 9.17) is 4.74 Å². The molecule has 0 bridgehead atoms. The van der Waals surface area contributed by atoms with E-state index >= 15 is 0 Å². The van der Waals surface area contributed by atoms with Crippen LogP contribution >= 0.6 is 0 Å². The van der Waals surface area contributed by atoms with Crippen LogP contribution in [0.4, 0.5) is 0 Å². The second-order valence-electron chi connectivity index (χ2n) is 8.79. The molecule has 1 saturated heterocycles. The maximum absolute atomic E-state index is 13.6. The summed E-state index contributed by atoms with van der Waals surface area (Å²) in [5.41, 5.74) is 3.63. The van der Waals surface area contributed by atoms with E-state index in [0.29, 0.717) is 19.6 Å². The minimum Gasteiger partial charge on any atom is -0.494 e. The van der Waals surface area contributed by atoms with Crippen molar-refractivity contribution < 1.29 is 9.53 Å². The van der Waals surface area contributed by atoms with Gasteiger partial charge in [0.05, 0.1) is 12.6 Å². The normalized spacial score (nSPS) is 15.1. The van der Waals surface area contributed by atoms with Crippen molar-refractivity contribution in [3.63, 3.8) is 0 Å². The fraction of sp³-hybridized carbons (Fsp3) is 0.345. The Labute approximate surface area is 203 Å². The monoisotopic (exact) mass is 457 g/mol. The summed E-state index contributed by atoms with van der Waals surface area (Å²) in [6.45, 7) is 7.55. The molecule has 0 radical (unpaired) electrons. The second kappa shape index (κ2) is 12.4. The number of nitrogens with zero attached hydrogens (tertiary/aromatic N) is 2. The van der Waals surface area contributed by atoms with E-state index in [0.717, 1.165) is 44.0 Å². The maximum Gasteiger partial charge on any atom is 0.240 e. The van der Waals surface area contributed by atoms with Gasteiger partial charge in [-0.2, -0.15) is 0 Å². The summed E-state index contributed by atoms with van der Waals surface area (Å²) in [5, 5.41) is 3.54. The number of hydrogen-bond acceptors (Lipinski definition) is 4. The summed E-state index contributed by atoms with van der Waals surface area (Å²) >= 11 is 0. The van der Waals surface area contributed by atoms with Gasteiger partial charge in [0.25, 0.3) is 0 Å². The number of carbonyl (C=O) groups excluding carboxylic acids is 1. The van der Waals surface area contributed by atoms with Crippen molar-refractivity contribution in [3.8, 4) is 5.75 Å². The number of amides is 1. The molecule has 3 aromatic carbocycles. The molecular formula is C29H35N3O2. The summed E-state index contributed by atoms with van der Waals surface area (Å²) < 4.78 is 5.54. The molecule has 1 N–H and O–H groups in total. The van der Waals surface area contributed by atoms with Gasteiger partial charge in [0.2, 0.25) is 5.91 Å². The highest BCUT2D eigenvalue weighted by Gasteiger charge is 2.27. The van der Waals surface area contributed by atoms with Crippen molar-refractivity contribution in [2.75, 3.05) is 32.8 Å². The van der Waals surface area contributed by atoms with Crippen LogP contribution in [0.1, 0.15) is 23.6 Å². The molecule has 1 amide bonds. The first-order chi connectivity index (χ1) is 16.7. The molecular weight excluding hydrogens is 422 g/mol. The van der Waals surface area contributed by atoms with Gasteiger partial charge in [-0.15, -0.1) is 0 Å². The van der Waals surface area contributed by atoms with Gasteiger partial charge >= 0.3 is 0 Å². The summed E-state index contributed by atoms with van der Waals surface area (Å²) in [6.07, 6.45) is 0.681. The highest BCUT2D eigenvalue weighted by molar-refractivity contribution is 5.82. The minimum atomic E-state index is -0.255. The molecule has 4 rings (SSSR count). The highest BCUT2D eigenvalue weighted by atomic mass is 16.5. The Morgan fingerprint density at radius 2 is 1.44 bits per heavy atom. The van der Waals surface area contributed by atoms with Gasteiger partial charge in [0, 0.05) is 39.3 Å². The van der Waals surface area contributed by atoms with Gasteiger partial charge in [-0.3, -0.25) is 9.69 Å². The van der Waals surface area contributed by atoms with Gasteiger partial charge in [-0.25, -0.2) is 0 Å². The predicted molar refractivity (Wildman–Crippen MR) is 137 cm³/mol. The zero-order chi connectivity index (χ0) is 23.6. The van der Waals surface area contributed by atoms with E-state index < -0.39 is 0 Å². The molecule has 34 heavy (non-hydrogen) atoms. The third-order valence-corrected chi connectivity index (χ3v) is 6.30. The number of ether oxygens (including phenoxy) is 1. The second-order valence-corrected chi connectivity index (χ2v) is 8.79. The summed E-state index contributed by atoms with van der Waals surface area (Å²) in [5.74, 6) is 1.06. The zero-order valence-electron chi connectivity index (χ0n) is 20.0. The van der Waals surface area contributed by atoms with E-state index in [1.165, 1.54) is 11.1 Å². The number of piperazine rings is 1. The van der Waals surface area contributed by atoms with Crippen molar-refractivity contribution >= 4 is 5.91 Å². The first-order valence-corrected chi connectivity index (χ1v) is 12.3. The molecule has 0 saturated carbocycles. The van der Waals surface area contributed by atoms with Gasteiger partial charge in [0.1, 0.15) is 5.75 Å². The number of hydrogen-bond donors (Lipinski definition) is 1. The molecule has 5 heteroatoms. The first kappa shape index (κ1) is 24.0. The average Bonchev–Trinajstić information content (AvgIpc) is 2.89. The van der Waals surface area contributed by atoms with Crippen LogP contribution in [0.25, 0.3) is 0 Å². The van der Waals surface area contributed by atoms with Crippen LogP contribution in [-0.4, -0.2) is 54.5 Å². The zero-order valence-corrected chi connectivity index (χ0v) is 20.0. The van der Waals surface area contributed by atoms with E-state index in [2.05, 4.69) is 58.7 Å². The van der Waals surface area contributed by atoms with Crippen LogP contribution in [0.5, 0.6) is 5.75 Å². The molecule has 1 heterocycles. The molecule has 178 valence electrons. The minimum absolute atomic E-state index is 0.189. The molecule has 1 atom stereocenters. The highest BCUT2D eigenvalue weighted by Crippen LogP contribution is 2.14. The maximum atomic E-state index is 13.6. The Balaban J connectivity index is 1.36. The van der Waals surface area contributed by atoms with E-state index in [9.17, 15) is 4.79 Å². The van der Waals surface area contributed by atoms with Gasteiger partial charge in [-0.1, -0.05) is 72.8 Å². The third-order valence-electron chi connectivity index (χ3n) is 6.30. The fourth-order valence-corrected chi connectivity index (χ4v) is 4.40. The Morgan fingerprint density at radius 1 is 0.824 bits per heavy atom. The molecule has 3 aromatic rings. The van der Waals surface area contributed by atoms with Crippen molar-refractivity contribution in [1.82, 2.24) is 15.1 Å². The lowest BCUT2D eigenvalue weighted by molar-refractivity contribution is -0.135. The predicted octanol–water partition coefficient (Wildman–Crippen LogP) is 4.13. The molecule has 0 spiro atoms. The number of rotatable bonds is 10. The molecule has 0 aromatic heterocycles. The molecule has 1 fully saturated rings. The molecule has 1 unspecified atom stereocenters. The van der Waals surface area contributed by atoms with E-state index in [1.807, 2.05) is 48.2 Å². The van der Waals surface area contributed by atoms with Gasteiger partial charge < -0.3 is 15.0 Å². The fourth-order valence-electron chi connectivity index (χ4n) is 4.40. The van der Waals surface area contributed by atoms with Crippen LogP contribution in [0.15, 0.2) is 84.9 Å². The lowest BCUT2D eigenvalue weighted by Crippen LogP contribution is -2.54. The van der Waals surface area contributed by atoms with Gasteiger partial charge in [-0.05, 0) is 42.2 Å². The Morgan fingerprint density at radius 3 is 2.06 bits per heavy atom. The Hall–Kier alpha value is -3.15. The largest absolute Gasteiger partial charge is 0.494 e. The summed E-state index contributed by atoms with van der Waals surface area (Å²) in [4.78, 5) is 18.0. The summed E-state index contributed by atoms with van der Waals surface area (Å²) in [6, 6.07) is 28.7. The number of benzene rings is 3. The van der Waals surface area contributed by atoms with E-state index in [-0.39, 0.29) is 11.9 Å². The van der Waals surface area contributed by atoms with Gasteiger partial charge in [0.15, 0.2) is 0 Å². The third kappa shape index (κ3) is 6.92. The lowest BCUT2D eigenvalue weighted by Gasteiger charge is -2.36. The molecule has 5 nitrogen and oxygen atoms in total. The van der Waals surface area contributed by atoms with Crippen LogP contribution in [0, 0.1) is 0 Å². The first-order valence-electron chi connectivity index (χ1n) is 12.3. The Bertz CT molecular complexity index is 1000. The van der Waals surface area contributed by atoms with Crippen LogP contribution in [0.3, 0.4) is 0 Å². The molecule has 1 aliphatic rings. The topological polar surface area (TPSA) is 44.8 Å². The number of nitrogens with one attached hydrogen (secondary N) is 1. The van der Waals surface area contributed by atoms with Crippen molar-refractivity contribution in [1.29, 1.82) is 0 Å². The van der Waals surface area contributed by atoms with E-state index in [1.54, 1.807) is 0 Å². The number of carbonyl (C=O) groups is 1. The van der Waals surface area contributed by atoms with Crippen LogP contribution in [0.2, 0.25) is 0 Å². The summed E-state index contributed by atoms with van der Waals surface area (Å²) in [7, 11) is 0. The van der Waals surface area contributed by atoms with Crippen molar-refractivity contribution in [3.05, 3.63) is 102 Å². The van der Waals surface area contributed by atoms with Crippen LogP contribution < -0.4 is 10.1 Å². The van der Waals surface area contributed by atoms with Crippen molar-refractivity contribution in [2.24, 2.45) is 0 Å². The quantitative estimate of drug-likeness (QED) is 0.497. The molecule has 0 aliphatic carbocycles. The lowest BCUT2D eigenvalue weighted by atomic mass is 10.0. The standard InChI is InChI=1S/C29H35N3O2/c1-2-34-27-15-13-25(14-16-27)22-30-28(21-24-9-5-3-6-10-24)29(33)32-19-17-31(18-20-32)23-26-11-7-4-8-12-26/h3-16,28,30H,2,17-23H2,1H3. The Kier molecular flexibility index (Phi) is 8.71. The average molecular weight is 458 g/mol. The molecule has 1 aliphatic heterocycles. The smallest absolute Gasteiger partial charge is 0.240 e. The van der Waals surface area contributed by atoms with Crippen molar-refractivity contribution in [2.45, 2.75) is 32.5 Å². The SMILES string of the molecule is CCOc1ccc(CNC(Cc2ccccc2)C(=O)N2CCN(Cc3ccccc3)CC2)cc1. The van der Waals surface area contributed by atoms with Crippen LogP contribution in [-0.2, 0) is 24.3 Å².